The van der Waals surface area contributed by atoms with E-state index in [2.05, 4.69) is 26.1 Å². The minimum Gasteiger partial charge on any atom is -0.496 e. The summed E-state index contributed by atoms with van der Waals surface area (Å²) in [5.74, 6) is -2.48. The standard InChI is InChI=1S/C32H28BrClFN3O5/c1-42-25-13-18(9-10-19(25)30(40)43-2)37-15-24-26(29(37)39)27(20-4-3-5-22(33)28(20)35)32(38(24)14-16-6-7-16)21-11-8-17(34)12-23(21)36-31(32)41/h3-5,8-13,16,24,26-27H,6-7,14-15H2,1-2H3,(H,36,41)/t24-,26+,27-,32+/m0/s1. The zero-order valence-electron chi connectivity index (χ0n) is 23.4. The molecule has 0 bridgehead atoms. The highest BCUT2D eigenvalue weighted by atomic mass is 79.9. The van der Waals surface area contributed by atoms with Crippen LogP contribution < -0.4 is 15.0 Å². The molecule has 0 aromatic heterocycles. The van der Waals surface area contributed by atoms with Crippen molar-refractivity contribution in [3.8, 4) is 5.75 Å². The number of amides is 2. The second-order valence-corrected chi connectivity index (χ2v) is 12.8. The predicted octanol–water partition coefficient (Wildman–Crippen LogP) is 5.73. The lowest BCUT2D eigenvalue weighted by Gasteiger charge is -2.41. The Morgan fingerprint density at radius 2 is 1.93 bits per heavy atom. The molecule has 8 nitrogen and oxygen atoms in total. The average Bonchev–Trinajstić information content (AvgIpc) is 3.62. The first kappa shape index (κ1) is 28.3. The Kier molecular flexibility index (Phi) is 6.79. The lowest BCUT2D eigenvalue weighted by Crippen LogP contribution is -2.54. The number of hydrogen-bond acceptors (Lipinski definition) is 6. The van der Waals surface area contributed by atoms with Gasteiger partial charge in [-0.2, -0.15) is 0 Å². The fourth-order valence-electron chi connectivity index (χ4n) is 7.37. The molecule has 3 aliphatic heterocycles. The molecule has 11 heteroatoms. The van der Waals surface area contributed by atoms with Crippen LogP contribution in [0.1, 0.15) is 40.2 Å². The highest BCUT2D eigenvalue weighted by Gasteiger charge is 2.71. The third kappa shape index (κ3) is 4.13. The molecule has 1 aliphatic carbocycles. The molecule has 3 aromatic carbocycles. The predicted molar refractivity (Wildman–Crippen MR) is 162 cm³/mol. The van der Waals surface area contributed by atoms with Crippen molar-refractivity contribution in [1.82, 2.24) is 4.90 Å². The summed E-state index contributed by atoms with van der Waals surface area (Å²) in [6, 6.07) is 14.8. The molecule has 3 heterocycles. The monoisotopic (exact) mass is 667 g/mol. The van der Waals surface area contributed by atoms with Gasteiger partial charge in [-0.15, -0.1) is 0 Å². The first-order valence-corrected chi connectivity index (χ1v) is 15.3. The molecule has 0 unspecified atom stereocenters. The number of fused-ring (bicyclic) bond motifs is 3. The number of carbonyl (C=O) groups excluding carboxylic acids is 3. The van der Waals surface area contributed by atoms with Crippen LogP contribution in [0.15, 0.2) is 59.1 Å². The van der Waals surface area contributed by atoms with Crippen LogP contribution in [0.3, 0.4) is 0 Å². The van der Waals surface area contributed by atoms with Crippen molar-refractivity contribution in [3.63, 3.8) is 0 Å². The second kappa shape index (κ2) is 10.3. The topological polar surface area (TPSA) is 88.2 Å². The zero-order valence-corrected chi connectivity index (χ0v) is 25.7. The van der Waals surface area contributed by atoms with Crippen molar-refractivity contribution in [2.75, 3.05) is 37.5 Å². The first-order chi connectivity index (χ1) is 20.7. The van der Waals surface area contributed by atoms with Crippen molar-refractivity contribution in [2.24, 2.45) is 11.8 Å². The molecule has 1 N–H and O–H groups in total. The van der Waals surface area contributed by atoms with Crippen molar-refractivity contribution in [3.05, 3.63) is 86.6 Å². The van der Waals surface area contributed by atoms with Gasteiger partial charge >= 0.3 is 5.97 Å². The number of halogens is 3. The number of ether oxygens (including phenoxy) is 2. The molecule has 4 aliphatic rings. The first-order valence-electron chi connectivity index (χ1n) is 14.1. The minimum absolute atomic E-state index is 0.227. The number of hydrogen-bond donors (Lipinski definition) is 1. The molecule has 1 spiro atoms. The summed E-state index contributed by atoms with van der Waals surface area (Å²) in [6.07, 6.45) is 2.05. The lowest BCUT2D eigenvalue weighted by molar-refractivity contribution is -0.128. The van der Waals surface area contributed by atoms with Gasteiger partial charge in [-0.25, -0.2) is 9.18 Å². The molecular formula is C32H28BrClFN3O5. The molecule has 7 rings (SSSR count). The summed E-state index contributed by atoms with van der Waals surface area (Å²) in [5.41, 5.74) is 1.04. The van der Waals surface area contributed by atoms with E-state index in [1.165, 1.54) is 14.2 Å². The molecular weight excluding hydrogens is 641 g/mol. The van der Waals surface area contributed by atoms with Crippen LogP contribution in [0, 0.1) is 17.7 Å². The fourth-order valence-corrected chi connectivity index (χ4v) is 7.93. The van der Waals surface area contributed by atoms with E-state index in [4.69, 9.17) is 21.1 Å². The van der Waals surface area contributed by atoms with Gasteiger partial charge in [0.25, 0.3) is 0 Å². The van der Waals surface area contributed by atoms with E-state index in [0.717, 1.165) is 12.8 Å². The molecule has 3 aromatic rings. The molecule has 1 saturated carbocycles. The number of esters is 1. The number of carbonyl (C=O) groups is 3. The van der Waals surface area contributed by atoms with E-state index in [0.29, 0.717) is 40.0 Å². The largest absolute Gasteiger partial charge is 0.496 e. The van der Waals surface area contributed by atoms with Crippen LogP contribution in [0.2, 0.25) is 5.02 Å². The van der Waals surface area contributed by atoms with Crippen molar-refractivity contribution in [2.45, 2.75) is 30.3 Å². The van der Waals surface area contributed by atoms with Crippen LogP contribution in [0.4, 0.5) is 15.8 Å². The maximum absolute atomic E-state index is 16.1. The van der Waals surface area contributed by atoms with Crippen LogP contribution >= 0.6 is 27.5 Å². The summed E-state index contributed by atoms with van der Waals surface area (Å²) in [6.45, 7) is 0.871. The van der Waals surface area contributed by atoms with Gasteiger partial charge in [-0.05, 0) is 70.6 Å². The Morgan fingerprint density at radius 1 is 1.14 bits per heavy atom. The van der Waals surface area contributed by atoms with Gasteiger partial charge in [0.2, 0.25) is 11.8 Å². The van der Waals surface area contributed by atoms with Gasteiger partial charge in [0.05, 0.1) is 24.6 Å². The molecule has 3 fully saturated rings. The maximum atomic E-state index is 16.1. The number of nitrogens with one attached hydrogen (secondary N) is 1. The summed E-state index contributed by atoms with van der Waals surface area (Å²) in [4.78, 5) is 45.0. The highest BCUT2D eigenvalue weighted by molar-refractivity contribution is 9.10. The minimum atomic E-state index is -1.31. The van der Waals surface area contributed by atoms with Crippen molar-refractivity contribution < 1.29 is 28.2 Å². The zero-order chi connectivity index (χ0) is 30.2. The molecule has 0 radical (unpaired) electrons. The smallest absolute Gasteiger partial charge is 0.341 e. The molecule has 2 saturated heterocycles. The van der Waals surface area contributed by atoms with Gasteiger partial charge < -0.3 is 19.7 Å². The van der Waals surface area contributed by atoms with Crippen molar-refractivity contribution >= 4 is 56.7 Å². The molecule has 2 amide bonds. The van der Waals surface area contributed by atoms with Gasteiger partial charge in [-0.3, -0.25) is 14.5 Å². The Bertz CT molecular complexity index is 1700. The Balaban J connectivity index is 1.41. The van der Waals surface area contributed by atoms with E-state index in [9.17, 15) is 14.4 Å². The Hall–Kier alpha value is -3.47. The van der Waals surface area contributed by atoms with Gasteiger partial charge in [0.1, 0.15) is 22.7 Å². The fraction of sp³-hybridized carbons (Fsp3) is 0.344. The van der Waals surface area contributed by atoms with E-state index >= 15 is 4.39 Å². The maximum Gasteiger partial charge on any atom is 0.341 e. The van der Waals surface area contributed by atoms with E-state index in [-0.39, 0.29) is 34.1 Å². The van der Waals surface area contributed by atoms with Crippen LogP contribution in [-0.4, -0.2) is 56.0 Å². The molecule has 222 valence electrons. The normalized spacial score (nSPS) is 26.1. The number of anilines is 2. The molecule has 43 heavy (non-hydrogen) atoms. The third-order valence-electron chi connectivity index (χ3n) is 9.35. The van der Waals surface area contributed by atoms with E-state index in [1.807, 2.05) is 6.07 Å². The Morgan fingerprint density at radius 3 is 2.65 bits per heavy atom. The SMILES string of the molecule is COC(=O)c1ccc(N2C[C@H]3[C@@H](C2=O)[C@H](c2cccc(Br)c2F)[C@]2(C(=O)Nc4cc(Cl)ccc42)N3CC2CC2)cc1OC. The van der Waals surface area contributed by atoms with E-state index < -0.39 is 35.2 Å². The summed E-state index contributed by atoms with van der Waals surface area (Å²) >= 11 is 9.67. The summed E-state index contributed by atoms with van der Waals surface area (Å²) in [5, 5.41) is 3.50. The number of methoxy groups -OCH3 is 2. The quantitative estimate of drug-likeness (QED) is 0.338. The summed E-state index contributed by atoms with van der Waals surface area (Å²) in [7, 11) is 2.74. The number of nitrogens with zero attached hydrogens (tertiary/aromatic N) is 2. The van der Waals surface area contributed by atoms with Crippen LogP contribution in [0.5, 0.6) is 5.75 Å². The average molecular weight is 669 g/mol. The second-order valence-electron chi connectivity index (χ2n) is 11.5. The van der Waals surface area contributed by atoms with Crippen LogP contribution in [0.25, 0.3) is 0 Å². The number of rotatable bonds is 6. The summed E-state index contributed by atoms with van der Waals surface area (Å²) < 4.78 is 26.7. The number of benzene rings is 3. The molecule has 4 atom stereocenters. The van der Waals surface area contributed by atoms with Gasteiger partial charge in [0, 0.05) is 53.1 Å². The van der Waals surface area contributed by atoms with Gasteiger partial charge in [0.15, 0.2) is 0 Å². The van der Waals surface area contributed by atoms with Crippen molar-refractivity contribution in [1.29, 1.82) is 0 Å². The van der Waals surface area contributed by atoms with Gasteiger partial charge in [-0.1, -0.05) is 29.8 Å². The van der Waals surface area contributed by atoms with E-state index in [1.54, 1.807) is 53.4 Å². The number of likely N-dealkylation sites (tertiary alicyclic amines) is 1. The third-order valence-corrected chi connectivity index (χ3v) is 10.2. The van der Waals surface area contributed by atoms with Crippen LogP contribution in [-0.2, 0) is 19.9 Å². The highest BCUT2D eigenvalue weighted by Crippen LogP contribution is 2.62. The lowest BCUT2D eigenvalue weighted by atomic mass is 9.71. The Labute approximate surface area is 261 Å².